The van der Waals surface area contributed by atoms with Gasteiger partial charge < -0.3 is 34.2 Å². The Bertz CT molecular complexity index is 1870. The Kier molecular flexibility index (Phi) is 63.3. The third kappa shape index (κ3) is 66.5. The number of ether oxygens (including phenoxy) is 3. The van der Waals surface area contributed by atoms with Crippen molar-refractivity contribution < 1.29 is 75.8 Å². The van der Waals surface area contributed by atoms with Gasteiger partial charge in [-0.15, -0.1) is 0 Å². The normalized spacial score (nSPS) is 14.6. The lowest BCUT2D eigenvalue weighted by Crippen LogP contribution is -2.30. The first-order valence-corrected chi connectivity index (χ1v) is 38.6. The second-order valence-electron chi connectivity index (χ2n) is 24.0. The molecule has 18 heteroatoms. The van der Waals surface area contributed by atoms with Crippen molar-refractivity contribution in [2.75, 3.05) is 39.6 Å². The Morgan fingerprint density at radius 3 is 0.921 bits per heavy atom. The molecule has 0 heterocycles. The Morgan fingerprint density at radius 1 is 0.315 bits per heavy atom. The lowest BCUT2D eigenvalue weighted by molar-refractivity contribution is -0.161. The Hall–Kier alpha value is -2.75. The molecule has 0 aliphatic heterocycles. The molecule has 0 aromatic heterocycles. The second kappa shape index (κ2) is 65.3. The van der Waals surface area contributed by atoms with E-state index in [1.807, 2.05) is 0 Å². The van der Waals surface area contributed by atoms with Gasteiger partial charge in [-0.05, 0) is 89.9 Å². The van der Waals surface area contributed by atoms with Crippen molar-refractivity contribution >= 4 is 33.6 Å². The highest BCUT2D eigenvalue weighted by molar-refractivity contribution is 7.47. The number of carbonyl (C=O) groups excluding carboxylic acids is 3. The number of unbranched alkanes of at least 4 members (excludes halogenated alkanes) is 35. The summed E-state index contributed by atoms with van der Waals surface area (Å²) in [5, 5.41) is 20.5. The largest absolute Gasteiger partial charge is 0.472 e. The fourth-order valence-electron chi connectivity index (χ4n) is 9.73. The highest BCUT2D eigenvalue weighted by Gasteiger charge is 2.29. The monoisotopic (exact) mass is 1300 g/mol. The maximum atomic E-state index is 12.9. The molecule has 16 nitrogen and oxygen atoms in total. The maximum Gasteiger partial charge on any atom is 0.472 e. The minimum Gasteiger partial charge on any atom is -0.463 e. The van der Waals surface area contributed by atoms with Crippen LogP contribution in [0.25, 0.3) is 0 Å². The van der Waals surface area contributed by atoms with Crippen molar-refractivity contribution in [3.05, 3.63) is 60.8 Å². The average molecular weight is 1300 g/mol. The third-order valence-corrected chi connectivity index (χ3v) is 17.1. The Balaban J connectivity index is 4.43. The number of aliphatic hydroxyl groups is 2. The van der Waals surface area contributed by atoms with Gasteiger partial charge in [-0.2, -0.15) is 0 Å². The van der Waals surface area contributed by atoms with E-state index in [0.29, 0.717) is 19.3 Å². The van der Waals surface area contributed by atoms with E-state index in [4.69, 9.17) is 32.3 Å². The van der Waals surface area contributed by atoms with Crippen molar-refractivity contribution in [3.63, 3.8) is 0 Å². The summed E-state index contributed by atoms with van der Waals surface area (Å²) in [6.07, 6.45) is 67.1. The number of rotatable bonds is 68. The summed E-state index contributed by atoms with van der Waals surface area (Å²) in [5.74, 6) is -1.57. The summed E-state index contributed by atoms with van der Waals surface area (Å²) in [6.45, 7) is 2.65. The molecule has 5 atom stereocenters. The molecule has 0 aliphatic rings. The molecule has 4 N–H and O–H groups in total. The molecule has 0 amide bonds. The molecule has 520 valence electrons. The zero-order valence-corrected chi connectivity index (χ0v) is 58.1. The number of phosphoric acid groups is 2. The molecule has 0 aliphatic carbocycles. The van der Waals surface area contributed by atoms with E-state index >= 15 is 0 Å². The molecule has 0 spiro atoms. The highest BCUT2D eigenvalue weighted by atomic mass is 31.2. The van der Waals surface area contributed by atoms with E-state index < -0.39 is 91.5 Å². The predicted molar refractivity (Wildman–Crippen MR) is 362 cm³/mol. The summed E-state index contributed by atoms with van der Waals surface area (Å²) in [5.41, 5.74) is 0. The van der Waals surface area contributed by atoms with Crippen LogP contribution >= 0.6 is 15.6 Å². The number of allylic oxidation sites excluding steroid dienone is 10. The maximum absolute atomic E-state index is 12.9. The summed E-state index contributed by atoms with van der Waals surface area (Å²) in [6, 6.07) is 0. The van der Waals surface area contributed by atoms with Crippen LogP contribution in [0.4, 0.5) is 0 Å². The number of esters is 3. The van der Waals surface area contributed by atoms with Gasteiger partial charge in [0.25, 0.3) is 0 Å². The molecule has 0 aromatic carbocycles. The predicted octanol–water partition coefficient (Wildman–Crippen LogP) is 19.8. The van der Waals surface area contributed by atoms with Gasteiger partial charge in [0.05, 0.1) is 26.4 Å². The van der Waals surface area contributed by atoms with Gasteiger partial charge in [-0.25, -0.2) is 9.13 Å². The first-order chi connectivity index (χ1) is 43.2. The van der Waals surface area contributed by atoms with Gasteiger partial charge in [-0.1, -0.05) is 268 Å². The van der Waals surface area contributed by atoms with Crippen molar-refractivity contribution in [2.45, 2.75) is 334 Å². The van der Waals surface area contributed by atoms with Gasteiger partial charge in [0, 0.05) is 19.3 Å². The number of hydrogen-bond acceptors (Lipinski definition) is 14. The molecule has 0 radical (unpaired) electrons. The summed E-state index contributed by atoms with van der Waals surface area (Å²) in [7, 11) is -9.76. The van der Waals surface area contributed by atoms with Crippen LogP contribution in [0.1, 0.15) is 316 Å². The summed E-state index contributed by atoms with van der Waals surface area (Å²) < 4.78 is 60.8. The minimum atomic E-state index is -4.91. The van der Waals surface area contributed by atoms with E-state index in [-0.39, 0.29) is 19.3 Å². The standard InChI is InChI=1S/C71H130O16P2/c1-4-7-10-13-16-19-22-24-26-27-28-29-30-31-32-33-34-35-36-37-39-41-43-45-48-51-54-57-69(74)81-60-66(72)61-83-88(77,78)84-62-67(73)63-85-89(79,80)86-65-68(87-71(76)59-56-53-50-47-42-21-18-15-12-9-6-3)64-82-70(75)58-55-52-49-46-44-40-38-25-23-20-17-14-11-8-5-2/h16,19,24-26,28-29,31-32,38,66-68,72-73H,4-15,17-18,20-23,27,30,33-37,39-65H2,1-3H3,(H,77,78)(H,79,80)/b19-16-,26-24-,29-28-,32-31-,38-25-. The van der Waals surface area contributed by atoms with Crippen LogP contribution in [-0.4, -0.2) is 95.9 Å². The first kappa shape index (κ1) is 86.2. The van der Waals surface area contributed by atoms with Crippen LogP contribution in [0.2, 0.25) is 0 Å². The van der Waals surface area contributed by atoms with Gasteiger partial charge in [0.1, 0.15) is 25.4 Å². The number of phosphoric ester groups is 2. The van der Waals surface area contributed by atoms with E-state index in [9.17, 15) is 43.5 Å². The molecule has 0 fully saturated rings. The number of hydrogen-bond donors (Lipinski definition) is 4. The molecule has 0 saturated carbocycles. The Labute approximate surface area is 541 Å². The van der Waals surface area contributed by atoms with Crippen molar-refractivity contribution in [1.29, 1.82) is 0 Å². The summed E-state index contributed by atoms with van der Waals surface area (Å²) in [4.78, 5) is 58.3. The van der Waals surface area contributed by atoms with Crippen LogP contribution < -0.4 is 0 Å². The smallest absolute Gasteiger partial charge is 0.463 e. The molecule has 5 unspecified atom stereocenters. The van der Waals surface area contributed by atoms with Crippen molar-refractivity contribution in [2.24, 2.45) is 0 Å². The van der Waals surface area contributed by atoms with Crippen molar-refractivity contribution in [3.8, 4) is 0 Å². The molecular formula is C71H130O16P2. The van der Waals surface area contributed by atoms with E-state index in [1.165, 1.54) is 148 Å². The van der Waals surface area contributed by atoms with Crippen LogP contribution in [0.5, 0.6) is 0 Å². The van der Waals surface area contributed by atoms with Gasteiger partial charge in [-0.3, -0.25) is 32.5 Å². The summed E-state index contributed by atoms with van der Waals surface area (Å²) >= 11 is 0. The van der Waals surface area contributed by atoms with E-state index in [0.717, 1.165) is 109 Å². The molecule has 0 bridgehead atoms. The topological polar surface area (TPSA) is 231 Å². The first-order valence-electron chi connectivity index (χ1n) is 35.6. The van der Waals surface area contributed by atoms with Crippen LogP contribution in [0.3, 0.4) is 0 Å². The molecular weight excluding hydrogens is 1170 g/mol. The van der Waals surface area contributed by atoms with Gasteiger partial charge >= 0.3 is 33.6 Å². The van der Waals surface area contributed by atoms with Crippen molar-refractivity contribution in [1.82, 2.24) is 0 Å². The quantitative estimate of drug-likeness (QED) is 0.0146. The molecule has 89 heavy (non-hydrogen) atoms. The fourth-order valence-corrected chi connectivity index (χ4v) is 11.3. The number of aliphatic hydroxyl groups excluding tert-OH is 2. The molecule has 0 aromatic rings. The SMILES string of the molecule is CCCCC/C=C\C/C=C\C/C=C\C/C=C\CCCCCCCCCCCCCC(=O)OCC(O)COP(=O)(O)OCC(O)COP(=O)(O)OCC(COC(=O)CCCCCCC/C=C\CCCCCCCC)OC(=O)CCCCCCCCCCCCC. The van der Waals surface area contributed by atoms with Gasteiger partial charge in [0.15, 0.2) is 6.10 Å². The average Bonchev–Trinajstić information content (AvgIpc) is 3.56. The van der Waals surface area contributed by atoms with E-state index in [2.05, 4.69) is 81.5 Å². The van der Waals surface area contributed by atoms with E-state index in [1.54, 1.807) is 0 Å². The zero-order chi connectivity index (χ0) is 65.3. The zero-order valence-electron chi connectivity index (χ0n) is 56.4. The lowest BCUT2D eigenvalue weighted by Gasteiger charge is -2.21. The third-order valence-electron chi connectivity index (χ3n) is 15.2. The lowest BCUT2D eigenvalue weighted by atomic mass is 10.0. The van der Waals surface area contributed by atoms with Crippen LogP contribution in [-0.2, 0) is 55.8 Å². The minimum absolute atomic E-state index is 0.109. The number of carbonyl (C=O) groups is 3. The van der Waals surface area contributed by atoms with Crippen LogP contribution in [0.15, 0.2) is 60.8 Å². The highest BCUT2D eigenvalue weighted by Crippen LogP contribution is 2.45. The van der Waals surface area contributed by atoms with Gasteiger partial charge in [0.2, 0.25) is 0 Å². The molecule has 0 rings (SSSR count). The van der Waals surface area contributed by atoms with Crippen LogP contribution in [0, 0.1) is 0 Å². The second-order valence-corrected chi connectivity index (χ2v) is 26.9. The Morgan fingerprint density at radius 2 is 0.562 bits per heavy atom. The fraction of sp³-hybridized carbons (Fsp3) is 0.817. The molecule has 0 saturated heterocycles.